The molecular weight excluding hydrogens is 324 g/mol. The first-order valence-electron chi connectivity index (χ1n) is 8.45. The molecule has 0 spiro atoms. The Morgan fingerprint density at radius 3 is 3.17 bits per heavy atom. The Hall–Kier alpha value is -1.86. The summed E-state index contributed by atoms with van der Waals surface area (Å²) in [6.07, 6.45) is 6.85. The van der Waals surface area contributed by atoms with Gasteiger partial charge in [-0.25, -0.2) is 4.79 Å². The van der Waals surface area contributed by atoms with Gasteiger partial charge in [0.1, 0.15) is 0 Å². The second-order valence-electron chi connectivity index (χ2n) is 5.95. The average Bonchev–Trinajstić information content (AvgIpc) is 3.33. The lowest BCUT2D eigenvalue weighted by atomic mass is 10.2. The van der Waals surface area contributed by atoms with Gasteiger partial charge in [-0.3, -0.25) is 4.68 Å². The number of ether oxygens (including phenoxy) is 1. The molecule has 0 aliphatic carbocycles. The van der Waals surface area contributed by atoms with Crippen LogP contribution in [0.4, 0.5) is 4.79 Å². The first-order chi connectivity index (χ1) is 11.8. The summed E-state index contributed by atoms with van der Waals surface area (Å²) < 4.78 is 7.57. The molecule has 1 aliphatic heterocycles. The number of nitrogens with zero attached hydrogens (tertiary/aromatic N) is 3. The maximum absolute atomic E-state index is 12.6. The van der Waals surface area contributed by atoms with Gasteiger partial charge in [-0.2, -0.15) is 5.10 Å². The molecule has 7 heteroatoms. The van der Waals surface area contributed by atoms with Gasteiger partial charge in [-0.1, -0.05) is 6.07 Å². The third-order valence-corrected chi connectivity index (χ3v) is 4.92. The molecule has 1 aliphatic rings. The van der Waals surface area contributed by atoms with Crippen LogP contribution >= 0.6 is 11.3 Å². The van der Waals surface area contributed by atoms with Crippen LogP contribution in [0, 0.1) is 0 Å². The van der Waals surface area contributed by atoms with E-state index in [1.165, 1.54) is 4.88 Å². The number of amides is 2. The molecule has 2 aromatic heterocycles. The summed E-state index contributed by atoms with van der Waals surface area (Å²) >= 11 is 1.68. The van der Waals surface area contributed by atoms with E-state index in [1.54, 1.807) is 17.5 Å². The molecular formula is C17H24N4O2S. The van der Waals surface area contributed by atoms with Gasteiger partial charge in [0, 0.05) is 43.5 Å². The molecule has 1 N–H and O–H groups in total. The zero-order valence-corrected chi connectivity index (χ0v) is 14.6. The highest BCUT2D eigenvalue weighted by Crippen LogP contribution is 2.17. The summed E-state index contributed by atoms with van der Waals surface area (Å²) in [6.45, 7) is 3.56. The molecule has 24 heavy (non-hydrogen) atoms. The quantitative estimate of drug-likeness (QED) is 0.746. The molecule has 0 radical (unpaired) electrons. The van der Waals surface area contributed by atoms with Gasteiger partial charge >= 0.3 is 6.03 Å². The van der Waals surface area contributed by atoms with Gasteiger partial charge in [0.15, 0.2) is 0 Å². The number of carbonyl (C=O) groups excluding carboxylic acids is 1. The first-order valence-corrected chi connectivity index (χ1v) is 9.33. The molecule has 1 fully saturated rings. The Kier molecular flexibility index (Phi) is 6.26. The second-order valence-corrected chi connectivity index (χ2v) is 6.98. The summed E-state index contributed by atoms with van der Waals surface area (Å²) in [6, 6.07) is 5.98. The molecule has 0 aromatic carbocycles. The molecule has 2 amide bonds. The minimum Gasteiger partial charge on any atom is -0.376 e. The van der Waals surface area contributed by atoms with Crippen LogP contribution in [0.25, 0.3) is 0 Å². The van der Waals surface area contributed by atoms with Crippen LogP contribution < -0.4 is 5.32 Å². The smallest absolute Gasteiger partial charge is 0.317 e. The normalized spacial score (nSPS) is 17.1. The maximum atomic E-state index is 12.6. The van der Waals surface area contributed by atoms with Gasteiger partial charge in [-0.05, 0) is 36.8 Å². The van der Waals surface area contributed by atoms with Gasteiger partial charge in [0.05, 0.1) is 12.6 Å². The number of nitrogens with one attached hydrogen (secondary N) is 1. The SMILES string of the molecule is O=C(NCCCn1cccn1)N(Cc1cccs1)C[C@@H]1CCCO1. The molecule has 3 heterocycles. The van der Waals surface area contributed by atoms with E-state index in [9.17, 15) is 4.79 Å². The van der Waals surface area contributed by atoms with Crippen molar-refractivity contribution < 1.29 is 9.53 Å². The van der Waals surface area contributed by atoms with Crippen LogP contribution in [0.15, 0.2) is 36.0 Å². The van der Waals surface area contributed by atoms with E-state index >= 15 is 0 Å². The van der Waals surface area contributed by atoms with Gasteiger partial charge in [0.2, 0.25) is 0 Å². The number of aromatic nitrogens is 2. The summed E-state index contributed by atoms with van der Waals surface area (Å²) in [7, 11) is 0. The van der Waals surface area contributed by atoms with Crippen molar-refractivity contribution in [1.29, 1.82) is 0 Å². The maximum Gasteiger partial charge on any atom is 0.317 e. The Balaban J connectivity index is 1.47. The van der Waals surface area contributed by atoms with E-state index in [4.69, 9.17) is 4.74 Å². The summed E-state index contributed by atoms with van der Waals surface area (Å²) in [4.78, 5) is 15.6. The van der Waals surface area contributed by atoms with Crippen LogP contribution in [0.3, 0.4) is 0 Å². The standard InChI is InChI=1S/C17H24N4O2S/c22-17(18-7-3-9-21-10-4-8-19-21)20(13-15-5-1-11-23-15)14-16-6-2-12-24-16/h2,4,6,8,10,12,15H,1,3,5,7,9,11,13-14H2,(H,18,22)/t15-/m0/s1. The number of thiophene rings is 1. The Morgan fingerprint density at radius 1 is 1.50 bits per heavy atom. The molecule has 0 bridgehead atoms. The van der Waals surface area contributed by atoms with Crippen molar-refractivity contribution in [2.24, 2.45) is 0 Å². The van der Waals surface area contributed by atoms with Crippen LogP contribution in [-0.4, -0.2) is 46.5 Å². The lowest BCUT2D eigenvalue weighted by Gasteiger charge is -2.25. The van der Waals surface area contributed by atoms with E-state index in [1.807, 2.05) is 33.3 Å². The number of aryl methyl sites for hydroxylation is 1. The van der Waals surface area contributed by atoms with Crippen molar-refractivity contribution in [3.8, 4) is 0 Å². The van der Waals surface area contributed by atoms with Crippen molar-refractivity contribution in [3.63, 3.8) is 0 Å². The van der Waals surface area contributed by atoms with Crippen molar-refractivity contribution >= 4 is 17.4 Å². The minimum atomic E-state index is -0.0145. The highest BCUT2D eigenvalue weighted by Gasteiger charge is 2.22. The van der Waals surface area contributed by atoms with Crippen LogP contribution in [0.1, 0.15) is 24.1 Å². The highest BCUT2D eigenvalue weighted by atomic mass is 32.1. The number of hydrogen-bond donors (Lipinski definition) is 1. The fourth-order valence-corrected chi connectivity index (χ4v) is 3.54. The molecule has 130 valence electrons. The van der Waals surface area contributed by atoms with Crippen molar-refractivity contribution in [3.05, 3.63) is 40.8 Å². The zero-order valence-electron chi connectivity index (χ0n) is 13.8. The van der Waals surface area contributed by atoms with Crippen molar-refractivity contribution in [2.45, 2.75) is 38.5 Å². The third kappa shape index (κ3) is 5.07. The number of urea groups is 1. The van der Waals surface area contributed by atoms with Gasteiger partial charge in [0.25, 0.3) is 0 Å². The second kappa shape index (κ2) is 8.84. The number of rotatable bonds is 8. The summed E-state index contributed by atoms with van der Waals surface area (Å²) in [5.74, 6) is 0. The summed E-state index contributed by atoms with van der Waals surface area (Å²) in [5, 5.41) is 9.23. The minimum absolute atomic E-state index is 0.0145. The highest BCUT2D eigenvalue weighted by molar-refractivity contribution is 7.09. The van der Waals surface area contributed by atoms with Crippen LogP contribution in [0.2, 0.25) is 0 Å². The Morgan fingerprint density at radius 2 is 2.46 bits per heavy atom. The fraction of sp³-hybridized carbons (Fsp3) is 0.529. The predicted molar refractivity (Wildman–Crippen MR) is 93.9 cm³/mol. The van der Waals surface area contributed by atoms with E-state index in [-0.39, 0.29) is 12.1 Å². The number of hydrogen-bond acceptors (Lipinski definition) is 4. The molecule has 0 saturated carbocycles. The van der Waals surface area contributed by atoms with E-state index in [0.717, 1.165) is 32.4 Å². The van der Waals surface area contributed by atoms with Crippen LogP contribution in [0.5, 0.6) is 0 Å². The molecule has 0 unspecified atom stereocenters. The van der Waals surface area contributed by atoms with E-state index < -0.39 is 0 Å². The van der Waals surface area contributed by atoms with Gasteiger partial charge < -0.3 is 15.0 Å². The molecule has 1 saturated heterocycles. The Bertz CT molecular complexity index is 594. The summed E-state index contributed by atoms with van der Waals surface area (Å²) in [5.41, 5.74) is 0. The van der Waals surface area contributed by atoms with E-state index in [2.05, 4.69) is 16.5 Å². The topological polar surface area (TPSA) is 59.4 Å². The molecule has 3 rings (SSSR count). The molecule has 1 atom stereocenters. The zero-order chi connectivity index (χ0) is 16.6. The predicted octanol–water partition coefficient (Wildman–Crippen LogP) is 2.73. The van der Waals surface area contributed by atoms with Crippen molar-refractivity contribution in [1.82, 2.24) is 20.0 Å². The first kappa shape index (κ1) is 17.0. The van der Waals surface area contributed by atoms with Crippen molar-refractivity contribution in [2.75, 3.05) is 19.7 Å². The largest absolute Gasteiger partial charge is 0.376 e. The van der Waals surface area contributed by atoms with Gasteiger partial charge in [-0.15, -0.1) is 11.3 Å². The Labute approximate surface area is 146 Å². The monoisotopic (exact) mass is 348 g/mol. The van der Waals surface area contributed by atoms with Crippen LogP contribution in [-0.2, 0) is 17.8 Å². The lowest BCUT2D eigenvalue weighted by Crippen LogP contribution is -2.43. The number of carbonyl (C=O) groups is 1. The lowest BCUT2D eigenvalue weighted by molar-refractivity contribution is 0.0797. The average molecular weight is 348 g/mol. The van der Waals surface area contributed by atoms with E-state index in [0.29, 0.717) is 19.6 Å². The fourth-order valence-electron chi connectivity index (χ4n) is 2.82. The third-order valence-electron chi connectivity index (χ3n) is 4.06. The molecule has 2 aromatic rings. The molecule has 6 nitrogen and oxygen atoms in total.